The van der Waals surface area contributed by atoms with Crippen molar-refractivity contribution < 1.29 is 4.74 Å². The Kier molecular flexibility index (Phi) is 3.69. The number of nitrogens with two attached hydrogens (primary N) is 1. The molecular formula is C12H20N2O. The van der Waals surface area contributed by atoms with Crippen molar-refractivity contribution in [3.63, 3.8) is 0 Å². The number of hydrogen-bond donors (Lipinski definition) is 1. The molecule has 0 aliphatic rings. The second-order valence-corrected chi connectivity index (χ2v) is 4.89. The van der Waals surface area contributed by atoms with Crippen LogP contribution in [-0.4, -0.2) is 18.1 Å². The minimum Gasteiger partial charge on any atom is -0.481 e. The molecule has 0 saturated heterocycles. The van der Waals surface area contributed by atoms with E-state index in [9.17, 15) is 0 Å². The molecule has 0 spiro atoms. The summed E-state index contributed by atoms with van der Waals surface area (Å²) < 4.78 is 5.00. The number of rotatable bonds is 3. The molecule has 0 aliphatic carbocycles. The number of pyridine rings is 1. The topological polar surface area (TPSA) is 48.1 Å². The summed E-state index contributed by atoms with van der Waals surface area (Å²) in [6.07, 6.45) is 2.67. The Labute approximate surface area is 91.7 Å². The summed E-state index contributed by atoms with van der Waals surface area (Å²) >= 11 is 0. The van der Waals surface area contributed by atoms with Crippen molar-refractivity contribution in [2.24, 2.45) is 11.1 Å². The van der Waals surface area contributed by atoms with Crippen LogP contribution in [0.15, 0.2) is 18.3 Å². The standard InChI is InChI=1S/C12H20N2O/c1-12(2,3)10(13)7-9-5-6-11(15-4)14-8-9/h5-6,8,10H,7,13H2,1-4H3. The molecule has 1 aromatic heterocycles. The van der Waals surface area contributed by atoms with Gasteiger partial charge in [0.05, 0.1) is 7.11 Å². The summed E-state index contributed by atoms with van der Waals surface area (Å²) in [7, 11) is 1.61. The first-order valence-electron chi connectivity index (χ1n) is 5.18. The second kappa shape index (κ2) is 4.62. The molecule has 1 rings (SSSR count). The van der Waals surface area contributed by atoms with E-state index in [2.05, 4.69) is 25.8 Å². The van der Waals surface area contributed by atoms with Crippen LogP contribution >= 0.6 is 0 Å². The lowest BCUT2D eigenvalue weighted by molar-refractivity contribution is 0.318. The molecule has 1 heterocycles. The molecule has 0 aliphatic heterocycles. The van der Waals surface area contributed by atoms with E-state index in [-0.39, 0.29) is 11.5 Å². The van der Waals surface area contributed by atoms with Gasteiger partial charge in [-0.05, 0) is 17.4 Å². The van der Waals surface area contributed by atoms with E-state index in [4.69, 9.17) is 10.5 Å². The first-order valence-corrected chi connectivity index (χ1v) is 5.18. The number of nitrogens with zero attached hydrogens (tertiary/aromatic N) is 1. The lowest BCUT2D eigenvalue weighted by Gasteiger charge is -2.26. The van der Waals surface area contributed by atoms with E-state index in [0.717, 1.165) is 12.0 Å². The maximum atomic E-state index is 6.09. The van der Waals surface area contributed by atoms with E-state index < -0.39 is 0 Å². The molecule has 3 heteroatoms. The van der Waals surface area contributed by atoms with Gasteiger partial charge in [-0.3, -0.25) is 0 Å². The first kappa shape index (κ1) is 12.0. The zero-order valence-corrected chi connectivity index (χ0v) is 9.95. The molecule has 1 atom stereocenters. The summed E-state index contributed by atoms with van der Waals surface area (Å²) in [4.78, 5) is 4.15. The lowest BCUT2D eigenvalue weighted by atomic mass is 9.84. The predicted molar refractivity (Wildman–Crippen MR) is 61.9 cm³/mol. The Morgan fingerprint density at radius 3 is 2.47 bits per heavy atom. The highest BCUT2D eigenvalue weighted by Gasteiger charge is 2.20. The molecule has 15 heavy (non-hydrogen) atoms. The van der Waals surface area contributed by atoms with Crippen LogP contribution in [0.1, 0.15) is 26.3 Å². The van der Waals surface area contributed by atoms with Crippen LogP contribution < -0.4 is 10.5 Å². The summed E-state index contributed by atoms with van der Waals surface area (Å²) in [5.41, 5.74) is 7.37. The lowest BCUT2D eigenvalue weighted by Crippen LogP contribution is -2.36. The zero-order valence-electron chi connectivity index (χ0n) is 9.95. The number of methoxy groups -OCH3 is 1. The highest BCUT2D eigenvalue weighted by Crippen LogP contribution is 2.20. The molecule has 2 N–H and O–H groups in total. The van der Waals surface area contributed by atoms with E-state index in [1.807, 2.05) is 18.3 Å². The minimum absolute atomic E-state index is 0.125. The summed E-state index contributed by atoms with van der Waals surface area (Å²) in [5.74, 6) is 0.642. The van der Waals surface area contributed by atoms with Crippen molar-refractivity contribution in [3.8, 4) is 5.88 Å². The Hall–Kier alpha value is -1.09. The van der Waals surface area contributed by atoms with Gasteiger partial charge in [0.25, 0.3) is 0 Å². The molecule has 0 aromatic carbocycles. The Morgan fingerprint density at radius 2 is 2.07 bits per heavy atom. The Balaban J connectivity index is 2.65. The first-order chi connectivity index (χ1) is 6.93. The largest absolute Gasteiger partial charge is 0.481 e. The van der Waals surface area contributed by atoms with Gasteiger partial charge >= 0.3 is 0 Å². The number of ether oxygens (including phenoxy) is 1. The average molecular weight is 208 g/mol. The Morgan fingerprint density at radius 1 is 1.40 bits per heavy atom. The molecule has 1 aromatic rings. The maximum absolute atomic E-state index is 6.09. The molecule has 3 nitrogen and oxygen atoms in total. The van der Waals surface area contributed by atoms with E-state index in [0.29, 0.717) is 5.88 Å². The number of hydrogen-bond acceptors (Lipinski definition) is 3. The van der Waals surface area contributed by atoms with Gasteiger partial charge in [-0.1, -0.05) is 26.8 Å². The van der Waals surface area contributed by atoms with Gasteiger partial charge in [0.15, 0.2) is 0 Å². The molecule has 1 unspecified atom stereocenters. The van der Waals surface area contributed by atoms with Crippen LogP contribution in [0.25, 0.3) is 0 Å². The normalized spacial score (nSPS) is 13.7. The summed E-state index contributed by atoms with van der Waals surface area (Å²) in [6.45, 7) is 6.44. The van der Waals surface area contributed by atoms with Crippen molar-refractivity contribution in [3.05, 3.63) is 23.9 Å². The van der Waals surface area contributed by atoms with Crippen LogP contribution in [0.5, 0.6) is 5.88 Å². The van der Waals surface area contributed by atoms with Crippen LogP contribution in [-0.2, 0) is 6.42 Å². The van der Waals surface area contributed by atoms with Crippen LogP contribution in [0.4, 0.5) is 0 Å². The number of aromatic nitrogens is 1. The Bertz CT molecular complexity index is 300. The smallest absolute Gasteiger partial charge is 0.212 e. The molecule has 0 amide bonds. The second-order valence-electron chi connectivity index (χ2n) is 4.89. The fourth-order valence-electron chi connectivity index (χ4n) is 1.21. The SMILES string of the molecule is COc1ccc(CC(N)C(C)(C)C)cn1. The molecule has 0 bridgehead atoms. The van der Waals surface area contributed by atoms with Gasteiger partial charge in [-0.15, -0.1) is 0 Å². The van der Waals surface area contributed by atoms with E-state index >= 15 is 0 Å². The maximum Gasteiger partial charge on any atom is 0.212 e. The highest BCUT2D eigenvalue weighted by atomic mass is 16.5. The molecular weight excluding hydrogens is 188 g/mol. The van der Waals surface area contributed by atoms with Gasteiger partial charge in [-0.2, -0.15) is 0 Å². The van der Waals surface area contributed by atoms with Crippen molar-refractivity contribution >= 4 is 0 Å². The monoisotopic (exact) mass is 208 g/mol. The van der Waals surface area contributed by atoms with Gasteiger partial charge < -0.3 is 10.5 Å². The van der Waals surface area contributed by atoms with Crippen molar-refractivity contribution in [1.29, 1.82) is 0 Å². The van der Waals surface area contributed by atoms with Gasteiger partial charge in [0.1, 0.15) is 0 Å². The van der Waals surface area contributed by atoms with Gasteiger partial charge in [0, 0.05) is 18.3 Å². The zero-order chi connectivity index (χ0) is 11.5. The quantitative estimate of drug-likeness (QED) is 0.826. The fraction of sp³-hybridized carbons (Fsp3) is 0.583. The third kappa shape index (κ3) is 3.51. The minimum atomic E-state index is 0.125. The summed E-state index contributed by atoms with van der Waals surface area (Å²) in [6, 6.07) is 4.02. The molecule has 0 radical (unpaired) electrons. The highest BCUT2D eigenvalue weighted by molar-refractivity contribution is 5.18. The van der Waals surface area contributed by atoms with Crippen molar-refractivity contribution in [2.75, 3.05) is 7.11 Å². The van der Waals surface area contributed by atoms with Crippen molar-refractivity contribution in [2.45, 2.75) is 33.2 Å². The third-order valence-electron chi connectivity index (χ3n) is 2.57. The molecule has 0 fully saturated rings. The van der Waals surface area contributed by atoms with Gasteiger partial charge in [0.2, 0.25) is 5.88 Å². The van der Waals surface area contributed by atoms with Crippen LogP contribution in [0, 0.1) is 5.41 Å². The van der Waals surface area contributed by atoms with E-state index in [1.165, 1.54) is 0 Å². The molecule has 84 valence electrons. The van der Waals surface area contributed by atoms with E-state index in [1.54, 1.807) is 7.11 Å². The van der Waals surface area contributed by atoms with Gasteiger partial charge in [-0.25, -0.2) is 4.98 Å². The summed E-state index contributed by atoms with van der Waals surface area (Å²) in [5, 5.41) is 0. The average Bonchev–Trinajstić information content (AvgIpc) is 2.17. The van der Waals surface area contributed by atoms with Crippen LogP contribution in [0.3, 0.4) is 0 Å². The van der Waals surface area contributed by atoms with Crippen molar-refractivity contribution in [1.82, 2.24) is 4.98 Å². The third-order valence-corrected chi connectivity index (χ3v) is 2.57. The predicted octanol–water partition coefficient (Wildman–Crippen LogP) is 2.01. The fourth-order valence-corrected chi connectivity index (χ4v) is 1.21. The van der Waals surface area contributed by atoms with Crippen LogP contribution in [0.2, 0.25) is 0 Å². The molecule has 0 saturated carbocycles.